The Hall–Kier alpha value is -1.03. The van der Waals surface area contributed by atoms with E-state index in [1.54, 1.807) is 0 Å². The summed E-state index contributed by atoms with van der Waals surface area (Å²) in [5, 5.41) is 2.88. The van der Waals surface area contributed by atoms with Crippen molar-refractivity contribution in [2.24, 2.45) is 0 Å². The third-order valence-electron chi connectivity index (χ3n) is 2.32. The van der Waals surface area contributed by atoms with Crippen LogP contribution in [0.4, 0.5) is 11.4 Å². The van der Waals surface area contributed by atoms with Gasteiger partial charge < -0.3 is 10.2 Å². The number of carbonyl (C=O) groups excluding carboxylic acids is 1. The largest absolute Gasteiger partial charge is 0.371 e. The highest BCUT2D eigenvalue weighted by Crippen LogP contribution is 2.34. The molecule has 2 rings (SSSR count). The highest BCUT2D eigenvalue weighted by atomic mass is 79.9. The molecule has 1 amide bonds. The summed E-state index contributed by atoms with van der Waals surface area (Å²) in [5.41, 5.74) is 1.93. The third kappa shape index (κ3) is 1.62. The summed E-state index contributed by atoms with van der Waals surface area (Å²) in [5.74, 6) is 0.0775. The molecule has 0 aromatic heterocycles. The maximum atomic E-state index is 11.3. The van der Waals surface area contributed by atoms with Crippen molar-refractivity contribution >= 4 is 33.2 Å². The molecule has 0 saturated carbocycles. The van der Waals surface area contributed by atoms with E-state index in [0.29, 0.717) is 6.42 Å². The number of benzene rings is 1. The van der Waals surface area contributed by atoms with Crippen molar-refractivity contribution in [1.82, 2.24) is 0 Å². The van der Waals surface area contributed by atoms with Crippen LogP contribution >= 0.6 is 15.9 Å². The van der Waals surface area contributed by atoms with Crippen LogP contribution in [0, 0.1) is 0 Å². The van der Waals surface area contributed by atoms with Gasteiger partial charge in [0.05, 0.1) is 11.4 Å². The smallest absolute Gasteiger partial charge is 0.226 e. The number of amides is 1. The van der Waals surface area contributed by atoms with E-state index in [1.807, 2.05) is 25.2 Å². The number of para-hydroxylation sites is 1. The van der Waals surface area contributed by atoms with Gasteiger partial charge >= 0.3 is 0 Å². The number of hydrogen-bond acceptors (Lipinski definition) is 2. The Morgan fingerprint density at radius 1 is 1.50 bits per heavy atom. The molecule has 1 aliphatic heterocycles. The Bertz CT molecular complexity index is 378. The van der Waals surface area contributed by atoms with E-state index in [-0.39, 0.29) is 5.91 Å². The lowest BCUT2D eigenvalue weighted by molar-refractivity contribution is -0.115. The van der Waals surface area contributed by atoms with E-state index in [2.05, 4.69) is 26.1 Å². The number of anilines is 2. The van der Waals surface area contributed by atoms with Crippen molar-refractivity contribution < 1.29 is 4.79 Å². The summed E-state index contributed by atoms with van der Waals surface area (Å²) in [6, 6.07) is 5.81. The van der Waals surface area contributed by atoms with Gasteiger partial charge in [0.2, 0.25) is 5.91 Å². The van der Waals surface area contributed by atoms with Crippen LogP contribution in [0.3, 0.4) is 0 Å². The molecule has 74 valence electrons. The lowest BCUT2D eigenvalue weighted by Gasteiger charge is -2.19. The summed E-state index contributed by atoms with van der Waals surface area (Å²) >= 11 is 3.48. The summed E-state index contributed by atoms with van der Waals surface area (Å²) < 4.78 is 1.01. The lowest BCUT2D eigenvalue weighted by atomic mass is 10.2. The molecule has 0 bridgehead atoms. The number of nitrogens with zero attached hydrogens (tertiary/aromatic N) is 1. The fraction of sp³-hybridized carbons (Fsp3) is 0.300. The first-order chi connectivity index (χ1) is 6.68. The van der Waals surface area contributed by atoms with Crippen molar-refractivity contribution in [2.75, 3.05) is 23.8 Å². The second-order valence-electron chi connectivity index (χ2n) is 3.36. The second kappa shape index (κ2) is 3.61. The first kappa shape index (κ1) is 9.52. The molecular weight excluding hydrogens is 244 g/mol. The van der Waals surface area contributed by atoms with E-state index < -0.39 is 0 Å². The molecule has 0 radical (unpaired) electrons. The summed E-state index contributed by atoms with van der Waals surface area (Å²) in [4.78, 5) is 13.4. The van der Waals surface area contributed by atoms with Gasteiger partial charge in [0, 0.05) is 24.5 Å². The summed E-state index contributed by atoms with van der Waals surface area (Å²) in [6.07, 6.45) is 0.539. The van der Waals surface area contributed by atoms with Gasteiger partial charge in [0.15, 0.2) is 0 Å². The standard InChI is InChI=1S/C10H11BrN2O/c1-13-6-5-9(14)12-8-4-2-3-7(11)10(8)13/h2-4H,5-6H2,1H3,(H,12,14). The van der Waals surface area contributed by atoms with Gasteiger partial charge in [-0.1, -0.05) is 6.07 Å². The van der Waals surface area contributed by atoms with Gasteiger partial charge in [0.1, 0.15) is 0 Å². The number of carbonyl (C=O) groups is 1. The molecule has 0 fully saturated rings. The van der Waals surface area contributed by atoms with Gasteiger partial charge in [-0.05, 0) is 28.1 Å². The molecule has 1 aromatic rings. The van der Waals surface area contributed by atoms with E-state index in [1.165, 1.54) is 0 Å². The van der Waals surface area contributed by atoms with E-state index in [9.17, 15) is 4.79 Å². The fourth-order valence-corrected chi connectivity index (χ4v) is 2.27. The zero-order valence-electron chi connectivity index (χ0n) is 7.88. The first-order valence-corrected chi connectivity index (χ1v) is 5.27. The van der Waals surface area contributed by atoms with E-state index >= 15 is 0 Å². The molecule has 0 unspecified atom stereocenters. The zero-order valence-corrected chi connectivity index (χ0v) is 9.47. The van der Waals surface area contributed by atoms with E-state index in [0.717, 1.165) is 22.4 Å². The zero-order chi connectivity index (χ0) is 10.1. The quantitative estimate of drug-likeness (QED) is 0.771. The van der Waals surface area contributed by atoms with Crippen LogP contribution in [0.1, 0.15) is 6.42 Å². The minimum atomic E-state index is 0.0775. The highest BCUT2D eigenvalue weighted by Gasteiger charge is 2.17. The maximum Gasteiger partial charge on any atom is 0.226 e. The molecule has 1 aliphatic rings. The highest BCUT2D eigenvalue weighted by molar-refractivity contribution is 9.10. The Morgan fingerprint density at radius 2 is 2.29 bits per heavy atom. The molecule has 4 heteroatoms. The average Bonchev–Trinajstić information content (AvgIpc) is 2.27. The number of halogens is 1. The monoisotopic (exact) mass is 254 g/mol. The fourth-order valence-electron chi connectivity index (χ4n) is 1.60. The Balaban J connectivity index is 2.52. The average molecular weight is 255 g/mol. The van der Waals surface area contributed by atoms with Gasteiger partial charge in [-0.3, -0.25) is 4.79 Å². The maximum absolute atomic E-state index is 11.3. The van der Waals surface area contributed by atoms with Crippen molar-refractivity contribution in [3.63, 3.8) is 0 Å². The van der Waals surface area contributed by atoms with Gasteiger partial charge in [-0.2, -0.15) is 0 Å². The summed E-state index contributed by atoms with van der Waals surface area (Å²) in [7, 11) is 1.99. The molecule has 0 atom stereocenters. The first-order valence-electron chi connectivity index (χ1n) is 4.48. The number of nitrogens with one attached hydrogen (secondary N) is 1. The van der Waals surface area contributed by atoms with Crippen LogP contribution in [0.5, 0.6) is 0 Å². The minimum absolute atomic E-state index is 0.0775. The van der Waals surface area contributed by atoms with Crippen LogP contribution in [0.15, 0.2) is 22.7 Å². The van der Waals surface area contributed by atoms with Crippen LogP contribution in [0.2, 0.25) is 0 Å². The minimum Gasteiger partial charge on any atom is -0.371 e. The van der Waals surface area contributed by atoms with Crippen LogP contribution in [-0.4, -0.2) is 19.5 Å². The predicted molar refractivity (Wildman–Crippen MR) is 60.7 cm³/mol. The lowest BCUT2D eigenvalue weighted by Crippen LogP contribution is -2.19. The molecule has 1 heterocycles. The van der Waals surface area contributed by atoms with Crippen LogP contribution < -0.4 is 10.2 Å². The Kier molecular flexibility index (Phi) is 2.46. The second-order valence-corrected chi connectivity index (χ2v) is 4.21. The molecule has 0 spiro atoms. The van der Waals surface area contributed by atoms with Gasteiger partial charge in [-0.15, -0.1) is 0 Å². The van der Waals surface area contributed by atoms with Crippen LogP contribution in [0.25, 0.3) is 0 Å². The van der Waals surface area contributed by atoms with Gasteiger partial charge in [0.25, 0.3) is 0 Å². The normalized spacial score (nSPS) is 15.9. The Labute approximate surface area is 91.2 Å². The van der Waals surface area contributed by atoms with Gasteiger partial charge in [-0.25, -0.2) is 0 Å². The number of hydrogen-bond donors (Lipinski definition) is 1. The molecule has 0 saturated heterocycles. The number of fused-ring (bicyclic) bond motifs is 1. The third-order valence-corrected chi connectivity index (χ3v) is 2.96. The molecule has 1 aromatic carbocycles. The van der Waals surface area contributed by atoms with Crippen molar-refractivity contribution in [2.45, 2.75) is 6.42 Å². The number of rotatable bonds is 0. The van der Waals surface area contributed by atoms with Crippen molar-refractivity contribution in [3.8, 4) is 0 Å². The van der Waals surface area contributed by atoms with E-state index in [4.69, 9.17) is 0 Å². The Morgan fingerprint density at radius 3 is 3.07 bits per heavy atom. The summed E-state index contributed by atoms with van der Waals surface area (Å²) in [6.45, 7) is 0.751. The molecule has 14 heavy (non-hydrogen) atoms. The molecule has 0 aliphatic carbocycles. The molecular formula is C10H11BrN2O. The predicted octanol–water partition coefficient (Wildman–Crippen LogP) is 2.23. The molecule has 3 nitrogen and oxygen atoms in total. The topological polar surface area (TPSA) is 32.3 Å². The SMILES string of the molecule is CN1CCC(=O)Nc2cccc(Br)c21. The van der Waals surface area contributed by atoms with Crippen molar-refractivity contribution in [1.29, 1.82) is 0 Å². The van der Waals surface area contributed by atoms with Crippen molar-refractivity contribution in [3.05, 3.63) is 22.7 Å². The van der Waals surface area contributed by atoms with Crippen LogP contribution in [-0.2, 0) is 4.79 Å². The molecule has 1 N–H and O–H groups in total.